The van der Waals surface area contributed by atoms with Gasteiger partial charge in [0.15, 0.2) is 0 Å². The second-order valence-electron chi connectivity index (χ2n) is 4.31. The lowest BCUT2D eigenvalue weighted by Gasteiger charge is -2.19. The Morgan fingerprint density at radius 1 is 1.55 bits per heavy atom. The van der Waals surface area contributed by atoms with E-state index in [1.807, 2.05) is 0 Å². The summed E-state index contributed by atoms with van der Waals surface area (Å²) >= 11 is 0. The third-order valence-electron chi connectivity index (χ3n) is 2.92. The molecule has 0 amide bonds. The van der Waals surface area contributed by atoms with Gasteiger partial charge in [-0.1, -0.05) is 20.3 Å². The van der Waals surface area contributed by atoms with E-state index in [0.29, 0.717) is 6.42 Å². The molecule has 0 aliphatic rings. The van der Waals surface area contributed by atoms with E-state index in [1.54, 1.807) is 19.9 Å². The van der Waals surface area contributed by atoms with E-state index in [2.05, 4.69) is 9.71 Å². The highest BCUT2D eigenvalue weighted by Crippen LogP contribution is 2.13. The molecule has 8 heteroatoms. The summed E-state index contributed by atoms with van der Waals surface area (Å²) in [5, 5.41) is 17.7. The van der Waals surface area contributed by atoms with Crippen molar-refractivity contribution in [2.75, 3.05) is 0 Å². The molecule has 2 atom stereocenters. The Bertz CT molecular complexity index is 619. The highest BCUT2D eigenvalue weighted by atomic mass is 32.2. The number of carboxylic acid groups (broad SMARTS) is 1. The fraction of sp³-hybridized carbons (Fsp3) is 0.417. The molecule has 0 spiro atoms. The van der Waals surface area contributed by atoms with E-state index in [0.717, 1.165) is 6.20 Å². The van der Waals surface area contributed by atoms with E-state index in [9.17, 15) is 13.2 Å². The smallest absolute Gasteiger partial charge is 0.322 e. The topological polar surface area (TPSA) is 120 Å². The van der Waals surface area contributed by atoms with Crippen LogP contribution in [0.2, 0.25) is 0 Å². The first-order valence-corrected chi connectivity index (χ1v) is 7.41. The summed E-state index contributed by atoms with van der Waals surface area (Å²) in [6, 6.07) is 3.03. The summed E-state index contributed by atoms with van der Waals surface area (Å²) in [4.78, 5) is 14.6. The molecule has 0 radical (unpaired) electrons. The molecule has 2 N–H and O–H groups in total. The van der Waals surface area contributed by atoms with Gasteiger partial charge in [0.1, 0.15) is 22.7 Å². The number of carboxylic acids is 1. The van der Waals surface area contributed by atoms with Crippen LogP contribution in [0.1, 0.15) is 26.0 Å². The number of nitriles is 1. The molecule has 1 aromatic heterocycles. The van der Waals surface area contributed by atoms with Gasteiger partial charge in [0.25, 0.3) is 0 Å². The molecule has 0 saturated heterocycles. The van der Waals surface area contributed by atoms with Gasteiger partial charge in [-0.3, -0.25) is 4.79 Å². The zero-order valence-electron chi connectivity index (χ0n) is 11.1. The minimum Gasteiger partial charge on any atom is -0.480 e. The summed E-state index contributed by atoms with van der Waals surface area (Å²) in [6.45, 7) is 3.43. The maximum Gasteiger partial charge on any atom is 0.322 e. The van der Waals surface area contributed by atoms with Crippen LogP contribution in [0.5, 0.6) is 0 Å². The van der Waals surface area contributed by atoms with Gasteiger partial charge in [-0.15, -0.1) is 0 Å². The predicted octanol–water partition coefficient (Wildman–Crippen LogP) is 0.731. The van der Waals surface area contributed by atoms with Crippen molar-refractivity contribution in [2.24, 2.45) is 5.92 Å². The third-order valence-corrected chi connectivity index (χ3v) is 4.35. The summed E-state index contributed by atoms with van der Waals surface area (Å²) < 4.78 is 26.3. The number of hydrogen-bond donors (Lipinski definition) is 2. The molecule has 0 saturated carbocycles. The summed E-state index contributed by atoms with van der Waals surface area (Å²) in [5.41, 5.74) is 0.0839. The van der Waals surface area contributed by atoms with Crippen LogP contribution in [0.25, 0.3) is 0 Å². The molecule has 1 heterocycles. The van der Waals surface area contributed by atoms with Gasteiger partial charge in [0.05, 0.1) is 0 Å². The lowest BCUT2D eigenvalue weighted by Crippen LogP contribution is -2.44. The van der Waals surface area contributed by atoms with Crippen molar-refractivity contribution in [1.29, 1.82) is 5.26 Å². The van der Waals surface area contributed by atoms with E-state index in [-0.39, 0.29) is 16.5 Å². The number of sulfonamides is 1. The normalized spacial score (nSPS) is 14.2. The zero-order valence-corrected chi connectivity index (χ0v) is 11.9. The number of nitrogens with one attached hydrogen (secondary N) is 1. The van der Waals surface area contributed by atoms with E-state index in [1.165, 1.54) is 12.1 Å². The van der Waals surface area contributed by atoms with Crippen molar-refractivity contribution in [3.8, 4) is 6.07 Å². The molecular formula is C12H15N3O4S. The average molecular weight is 297 g/mol. The molecule has 1 aromatic rings. The Balaban J connectivity index is 3.03. The molecule has 0 aliphatic carbocycles. The largest absolute Gasteiger partial charge is 0.480 e. The lowest BCUT2D eigenvalue weighted by molar-refractivity contribution is -0.140. The summed E-state index contributed by atoms with van der Waals surface area (Å²) in [6.07, 6.45) is 1.54. The SMILES string of the molecule is CCC(C)[C@H](NS(=O)(=O)c1ccc(C#N)nc1)C(=O)O. The fourth-order valence-electron chi connectivity index (χ4n) is 1.49. The Morgan fingerprint density at radius 2 is 2.20 bits per heavy atom. The molecule has 0 fully saturated rings. The van der Waals surface area contributed by atoms with Gasteiger partial charge < -0.3 is 5.11 Å². The second-order valence-corrected chi connectivity index (χ2v) is 6.03. The molecular weight excluding hydrogens is 282 g/mol. The van der Waals surface area contributed by atoms with Crippen LogP contribution in [0, 0.1) is 17.2 Å². The van der Waals surface area contributed by atoms with Crippen LogP contribution in [0.4, 0.5) is 0 Å². The van der Waals surface area contributed by atoms with E-state index < -0.39 is 22.0 Å². The van der Waals surface area contributed by atoms with Gasteiger partial charge in [0.2, 0.25) is 10.0 Å². The molecule has 20 heavy (non-hydrogen) atoms. The first-order chi connectivity index (χ1) is 9.31. The van der Waals surface area contributed by atoms with Crippen molar-refractivity contribution in [2.45, 2.75) is 31.2 Å². The van der Waals surface area contributed by atoms with Gasteiger partial charge in [-0.2, -0.15) is 9.98 Å². The van der Waals surface area contributed by atoms with Crippen LogP contribution in [0.15, 0.2) is 23.2 Å². The van der Waals surface area contributed by atoms with Crippen LogP contribution >= 0.6 is 0 Å². The molecule has 1 rings (SSSR count). The summed E-state index contributed by atoms with van der Waals surface area (Å²) in [7, 11) is -3.99. The predicted molar refractivity (Wildman–Crippen MR) is 70.2 cm³/mol. The van der Waals surface area contributed by atoms with Crippen LogP contribution in [-0.4, -0.2) is 30.5 Å². The van der Waals surface area contributed by atoms with Gasteiger partial charge in [0, 0.05) is 6.20 Å². The molecule has 1 unspecified atom stereocenters. The van der Waals surface area contributed by atoms with Crippen molar-refractivity contribution in [3.63, 3.8) is 0 Å². The van der Waals surface area contributed by atoms with Crippen LogP contribution in [-0.2, 0) is 14.8 Å². The Kier molecular flexibility index (Phi) is 5.19. The highest BCUT2D eigenvalue weighted by molar-refractivity contribution is 7.89. The molecule has 108 valence electrons. The fourth-order valence-corrected chi connectivity index (χ4v) is 2.73. The average Bonchev–Trinajstić information content (AvgIpc) is 2.43. The van der Waals surface area contributed by atoms with Crippen LogP contribution < -0.4 is 4.72 Å². The van der Waals surface area contributed by atoms with E-state index >= 15 is 0 Å². The number of rotatable bonds is 6. The number of aliphatic carboxylic acids is 1. The molecule has 0 bridgehead atoms. The van der Waals surface area contributed by atoms with Gasteiger partial charge in [-0.05, 0) is 18.1 Å². The number of aromatic nitrogens is 1. The Morgan fingerprint density at radius 3 is 2.60 bits per heavy atom. The maximum absolute atomic E-state index is 12.1. The highest BCUT2D eigenvalue weighted by Gasteiger charge is 2.29. The minimum absolute atomic E-state index is 0.0839. The zero-order chi connectivity index (χ0) is 15.3. The van der Waals surface area contributed by atoms with Crippen molar-refractivity contribution in [3.05, 3.63) is 24.0 Å². The first-order valence-electron chi connectivity index (χ1n) is 5.93. The summed E-state index contributed by atoms with van der Waals surface area (Å²) in [5.74, 6) is -1.59. The number of hydrogen-bond acceptors (Lipinski definition) is 5. The second kappa shape index (κ2) is 6.45. The molecule has 0 aliphatic heterocycles. The van der Waals surface area contributed by atoms with E-state index in [4.69, 9.17) is 10.4 Å². The van der Waals surface area contributed by atoms with Gasteiger partial charge >= 0.3 is 5.97 Å². The lowest BCUT2D eigenvalue weighted by atomic mass is 10.0. The quantitative estimate of drug-likeness (QED) is 0.798. The maximum atomic E-state index is 12.1. The monoisotopic (exact) mass is 297 g/mol. The minimum atomic E-state index is -3.99. The van der Waals surface area contributed by atoms with Crippen LogP contribution in [0.3, 0.4) is 0 Å². The number of nitrogens with zero attached hydrogens (tertiary/aromatic N) is 2. The van der Waals surface area contributed by atoms with Crippen molar-refractivity contribution >= 4 is 16.0 Å². The van der Waals surface area contributed by atoms with Crippen molar-refractivity contribution < 1.29 is 18.3 Å². The molecule has 7 nitrogen and oxygen atoms in total. The number of carbonyl (C=O) groups is 1. The standard InChI is InChI=1S/C12H15N3O4S/c1-3-8(2)11(12(16)17)15-20(18,19)10-5-4-9(6-13)14-7-10/h4-5,7-8,11,15H,3H2,1-2H3,(H,16,17)/t8?,11-/m0/s1. The first kappa shape index (κ1) is 16.1. The molecule has 0 aromatic carbocycles. The number of pyridine rings is 1. The Hall–Kier alpha value is -1.98. The third kappa shape index (κ3) is 3.76. The van der Waals surface area contributed by atoms with Crippen molar-refractivity contribution in [1.82, 2.24) is 9.71 Å². The van der Waals surface area contributed by atoms with Gasteiger partial charge in [-0.25, -0.2) is 13.4 Å². The Labute approximate surface area is 117 Å².